The van der Waals surface area contributed by atoms with Crippen LogP contribution < -0.4 is 10.2 Å². The van der Waals surface area contributed by atoms with Crippen LogP contribution in [0.25, 0.3) is 10.8 Å². The Morgan fingerprint density at radius 1 is 1.11 bits per heavy atom. The quantitative estimate of drug-likeness (QED) is 0.743. The SMILES string of the molecule is CC1CCCCN1c1nnc(C(=O)NCc2ccc(F)cc2)c2ccccc12. The smallest absolute Gasteiger partial charge is 0.272 e. The summed E-state index contributed by atoms with van der Waals surface area (Å²) in [5.74, 6) is 0.263. The highest BCUT2D eigenvalue weighted by Gasteiger charge is 2.24. The third kappa shape index (κ3) is 3.67. The molecule has 1 unspecified atom stereocenters. The normalized spacial score (nSPS) is 16.9. The molecule has 6 heteroatoms. The number of hydrogen-bond acceptors (Lipinski definition) is 4. The molecule has 1 atom stereocenters. The van der Waals surface area contributed by atoms with Gasteiger partial charge >= 0.3 is 0 Å². The standard InChI is InChI=1S/C22H23FN4O/c1-15-6-4-5-13-27(15)21-19-8-3-2-7-18(19)20(25-26-21)22(28)24-14-16-9-11-17(23)12-10-16/h2-3,7-12,15H,4-6,13-14H2,1H3,(H,24,28). The van der Waals surface area contributed by atoms with Gasteiger partial charge in [0, 0.05) is 29.9 Å². The molecule has 1 amide bonds. The molecule has 5 nitrogen and oxygen atoms in total. The van der Waals surface area contributed by atoms with Gasteiger partial charge in [-0.1, -0.05) is 36.4 Å². The number of benzene rings is 2. The van der Waals surface area contributed by atoms with Crippen LogP contribution in [0, 0.1) is 5.82 Å². The number of fused-ring (bicyclic) bond motifs is 1. The second-order valence-electron chi connectivity index (χ2n) is 7.27. The van der Waals surface area contributed by atoms with E-state index < -0.39 is 0 Å². The zero-order chi connectivity index (χ0) is 19.5. The number of halogens is 1. The summed E-state index contributed by atoms with van der Waals surface area (Å²) in [6.45, 7) is 3.47. The maximum absolute atomic E-state index is 13.0. The molecule has 0 radical (unpaired) electrons. The minimum Gasteiger partial charge on any atom is -0.352 e. The molecule has 1 aliphatic heterocycles. The van der Waals surface area contributed by atoms with Crippen LogP contribution in [-0.2, 0) is 6.54 Å². The van der Waals surface area contributed by atoms with Gasteiger partial charge in [-0.25, -0.2) is 4.39 Å². The topological polar surface area (TPSA) is 58.1 Å². The Hall–Kier alpha value is -3.02. The van der Waals surface area contributed by atoms with Crippen molar-refractivity contribution in [2.24, 2.45) is 0 Å². The summed E-state index contributed by atoms with van der Waals surface area (Å²) in [7, 11) is 0. The molecule has 4 rings (SSSR count). The monoisotopic (exact) mass is 378 g/mol. The Morgan fingerprint density at radius 2 is 1.86 bits per heavy atom. The van der Waals surface area contributed by atoms with Crippen molar-refractivity contribution in [2.45, 2.75) is 38.8 Å². The average Bonchev–Trinajstić information content (AvgIpc) is 2.73. The van der Waals surface area contributed by atoms with Crippen LogP contribution in [0.1, 0.15) is 42.2 Å². The molecule has 0 bridgehead atoms. The number of hydrogen-bond donors (Lipinski definition) is 1. The first-order valence-electron chi connectivity index (χ1n) is 9.68. The zero-order valence-electron chi connectivity index (χ0n) is 15.9. The van der Waals surface area contributed by atoms with Gasteiger partial charge in [-0.15, -0.1) is 10.2 Å². The van der Waals surface area contributed by atoms with E-state index in [0.29, 0.717) is 18.3 Å². The van der Waals surface area contributed by atoms with Crippen molar-refractivity contribution in [3.8, 4) is 0 Å². The lowest BCUT2D eigenvalue weighted by Crippen LogP contribution is -2.38. The van der Waals surface area contributed by atoms with E-state index in [4.69, 9.17) is 0 Å². The first kappa shape index (κ1) is 18.3. The van der Waals surface area contributed by atoms with Crippen LogP contribution in [0.5, 0.6) is 0 Å². The molecule has 28 heavy (non-hydrogen) atoms. The molecular formula is C22H23FN4O. The molecule has 144 valence electrons. The Kier molecular flexibility index (Phi) is 5.19. The van der Waals surface area contributed by atoms with Gasteiger partial charge in [-0.3, -0.25) is 4.79 Å². The molecular weight excluding hydrogens is 355 g/mol. The van der Waals surface area contributed by atoms with E-state index in [0.717, 1.165) is 41.5 Å². The van der Waals surface area contributed by atoms with Crippen molar-refractivity contribution in [3.63, 3.8) is 0 Å². The van der Waals surface area contributed by atoms with Crippen LogP contribution in [0.2, 0.25) is 0 Å². The molecule has 0 spiro atoms. The summed E-state index contributed by atoms with van der Waals surface area (Å²) in [4.78, 5) is 15.0. The summed E-state index contributed by atoms with van der Waals surface area (Å²) < 4.78 is 13.0. The summed E-state index contributed by atoms with van der Waals surface area (Å²) in [6.07, 6.45) is 3.50. The highest BCUT2D eigenvalue weighted by molar-refractivity contribution is 6.07. The Morgan fingerprint density at radius 3 is 2.61 bits per heavy atom. The fraction of sp³-hybridized carbons (Fsp3) is 0.318. The lowest BCUT2D eigenvalue weighted by atomic mass is 10.0. The summed E-state index contributed by atoms with van der Waals surface area (Å²) >= 11 is 0. The lowest BCUT2D eigenvalue weighted by Gasteiger charge is -2.34. The molecule has 1 fully saturated rings. The van der Waals surface area contributed by atoms with Gasteiger partial charge < -0.3 is 10.2 Å². The maximum atomic E-state index is 13.0. The van der Waals surface area contributed by atoms with E-state index in [1.54, 1.807) is 12.1 Å². The molecule has 1 N–H and O–H groups in total. The molecule has 3 aromatic rings. The number of amides is 1. The Balaban J connectivity index is 1.62. The Bertz CT molecular complexity index is 989. The largest absolute Gasteiger partial charge is 0.352 e. The third-order valence-electron chi connectivity index (χ3n) is 5.32. The summed E-state index contributed by atoms with van der Waals surface area (Å²) in [6, 6.07) is 14.3. The first-order valence-corrected chi connectivity index (χ1v) is 9.68. The predicted octanol–water partition coefficient (Wildman–Crippen LogP) is 4.08. The fourth-order valence-electron chi connectivity index (χ4n) is 3.75. The van der Waals surface area contributed by atoms with E-state index in [1.807, 2.05) is 24.3 Å². The van der Waals surface area contributed by atoms with Gasteiger partial charge in [0.05, 0.1) is 0 Å². The van der Waals surface area contributed by atoms with E-state index in [-0.39, 0.29) is 11.7 Å². The molecule has 1 saturated heterocycles. The number of nitrogens with zero attached hydrogens (tertiary/aromatic N) is 3. The van der Waals surface area contributed by atoms with Crippen LogP contribution in [0.4, 0.5) is 10.2 Å². The number of nitrogens with one attached hydrogen (secondary N) is 1. The van der Waals surface area contributed by atoms with E-state index in [1.165, 1.54) is 18.6 Å². The molecule has 0 aliphatic carbocycles. The average molecular weight is 378 g/mol. The van der Waals surface area contributed by atoms with Gasteiger partial charge in [0.25, 0.3) is 5.91 Å². The first-order chi connectivity index (χ1) is 13.6. The van der Waals surface area contributed by atoms with Crippen molar-refractivity contribution in [2.75, 3.05) is 11.4 Å². The highest BCUT2D eigenvalue weighted by atomic mass is 19.1. The molecule has 2 aromatic carbocycles. The number of anilines is 1. The lowest BCUT2D eigenvalue weighted by molar-refractivity contribution is 0.0947. The van der Waals surface area contributed by atoms with Crippen LogP contribution >= 0.6 is 0 Å². The van der Waals surface area contributed by atoms with Crippen molar-refractivity contribution < 1.29 is 9.18 Å². The fourth-order valence-corrected chi connectivity index (χ4v) is 3.75. The van der Waals surface area contributed by atoms with Gasteiger partial charge in [-0.05, 0) is 43.9 Å². The van der Waals surface area contributed by atoms with Crippen LogP contribution in [0.15, 0.2) is 48.5 Å². The Labute approximate surface area is 163 Å². The third-order valence-corrected chi connectivity index (χ3v) is 5.32. The van der Waals surface area contributed by atoms with Crippen LogP contribution in [-0.4, -0.2) is 28.7 Å². The number of piperidine rings is 1. The van der Waals surface area contributed by atoms with Crippen molar-refractivity contribution in [3.05, 3.63) is 65.6 Å². The number of aromatic nitrogens is 2. The number of carbonyl (C=O) groups is 1. The van der Waals surface area contributed by atoms with Crippen molar-refractivity contribution in [1.29, 1.82) is 0 Å². The molecule has 1 aliphatic rings. The van der Waals surface area contributed by atoms with Gasteiger partial charge in [0.2, 0.25) is 0 Å². The molecule has 0 saturated carbocycles. The molecule has 2 heterocycles. The van der Waals surface area contributed by atoms with Crippen LogP contribution in [0.3, 0.4) is 0 Å². The minimum atomic E-state index is -0.297. The van der Waals surface area contributed by atoms with Crippen molar-refractivity contribution in [1.82, 2.24) is 15.5 Å². The van der Waals surface area contributed by atoms with Gasteiger partial charge in [-0.2, -0.15) is 0 Å². The van der Waals surface area contributed by atoms with E-state index >= 15 is 0 Å². The van der Waals surface area contributed by atoms with E-state index in [9.17, 15) is 9.18 Å². The second kappa shape index (κ2) is 7.92. The minimum absolute atomic E-state index is 0.286. The zero-order valence-corrected chi connectivity index (χ0v) is 15.9. The van der Waals surface area contributed by atoms with Gasteiger partial charge in [0.15, 0.2) is 11.5 Å². The maximum Gasteiger partial charge on any atom is 0.272 e. The summed E-state index contributed by atoms with van der Waals surface area (Å²) in [5, 5.41) is 13.3. The van der Waals surface area contributed by atoms with Crippen molar-refractivity contribution >= 4 is 22.5 Å². The van der Waals surface area contributed by atoms with E-state index in [2.05, 4.69) is 27.3 Å². The summed E-state index contributed by atoms with van der Waals surface area (Å²) in [5.41, 5.74) is 1.14. The molecule has 1 aromatic heterocycles. The second-order valence-corrected chi connectivity index (χ2v) is 7.27. The van der Waals surface area contributed by atoms with Gasteiger partial charge in [0.1, 0.15) is 5.82 Å². The highest BCUT2D eigenvalue weighted by Crippen LogP contribution is 2.30. The predicted molar refractivity (Wildman–Crippen MR) is 108 cm³/mol. The number of carbonyl (C=O) groups excluding carboxylic acids is 1. The number of rotatable bonds is 4.